The van der Waals surface area contributed by atoms with Gasteiger partial charge >= 0.3 is 0 Å². The first-order valence-electron chi connectivity index (χ1n) is 10.7. The summed E-state index contributed by atoms with van der Waals surface area (Å²) in [6.45, 7) is 0.871. The molecule has 1 amide bonds. The normalized spacial score (nSPS) is 28.4. The zero-order valence-electron chi connectivity index (χ0n) is 16.6. The van der Waals surface area contributed by atoms with E-state index in [-0.39, 0.29) is 23.9 Å². The molecular weight excluding hydrogens is 378 g/mol. The van der Waals surface area contributed by atoms with Crippen LogP contribution < -0.4 is 21.5 Å². The Morgan fingerprint density at radius 3 is 2.97 bits per heavy atom. The Kier molecular flexibility index (Phi) is 4.29. The number of nitrogens with zero attached hydrogens (tertiary/aromatic N) is 2. The van der Waals surface area contributed by atoms with Crippen LogP contribution in [0.1, 0.15) is 42.6 Å². The molecule has 4 atom stereocenters. The van der Waals surface area contributed by atoms with Crippen LogP contribution in [0.15, 0.2) is 42.9 Å². The van der Waals surface area contributed by atoms with Gasteiger partial charge < -0.3 is 15.6 Å². The molecule has 0 spiro atoms. The van der Waals surface area contributed by atoms with Gasteiger partial charge in [0, 0.05) is 53.9 Å². The van der Waals surface area contributed by atoms with Gasteiger partial charge in [-0.15, -0.1) is 0 Å². The molecule has 30 heavy (non-hydrogen) atoms. The minimum atomic E-state index is 0.113. The van der Waals surface area contributed by atoms with Crippen LogP contribution in [-0.4, -0.2) is 33.4 Å². The minimum Gasteiger partial charge on any atom is -0.342 e. The number of amides is 1. The predicted octanol–water partition coefficient (Wildman–Crippen LogP) is 2.17. The summed E-state index contributed by atoms with van der Waals surface area (Å²) in [5.41, 5.74) is 10.9. The highest BCUT2D eigenvalue weighted by Gasteiger charge is 2.42. The minimum absolute atomic E-state index is 0.113. The largest absolute Gasteiger partial charge is 0.342 e. The average Bonchev–Trinajstić information content (AvgIpc) is 3.40. The highest BCUT2D eigenvalue weighted by Crippen LogP contribution is 2.39. The van der Waals surface area contributed by atoms with Crippen molar-refractivity contribution in [1.29, 1.82) is 0 Å². The number of nitrogens with one attached hydrogen (secondary N) is 5. The van der Waals surface area contributed by atoms with Crippen molar-refractivity contribution in [2.45, 2.75) is 37.4 Å². The van der Waals surface area contributed by atoms with Crippen molar-refractivity contribution in [1.82, 2.24) is 31.1 Å². The lowest BCUT2D eigenvalue weighted by atomic mass is 9.81. The molecule has 8 nitrogen and oxygen atoms in total. The second kappa shape index (κ2) is 7.16. The number of carbonyl (C=O) groups is 1. The van der Waals surface area contributed by atoms with Crippen LogP contribution in [0.25, 0.3) is 11.0 Å². The topological polar surface area (TPSA) is 107 Å². The molecule has 1 saturated carbocycles. The lowest BCUT2D eigenvalue weighted by Gasteiger charge is -2.34. The highest BCUT2D eigenvalue weighted by molar-refractivity contribution is 5.93. The lowest BCUT2D eigenvalue weighted by Crippen LogP contribution is -2.46. The fraction of sp³-hybridized carbons (Fsp3) is 0.409. The first-order chi connectivity index (χ1) is 14.7. The fourth-order valence-corrected chi connectivity index (χ4v) is 4.79. The molecule has 0 bridgehead atoms. The van der Waals surface area contributed by atoms with Gasteiger partial charge in [0.25, 0.3) is 0 Å². The van der Waals surface area contributed by atoms with E-state index in [1.54, 1.807) is 6.20 Å². The third kappa shape index (κ3) is 3.27. The number of anilines is 1. The summed E-state index contributed by atoms with van der Waals surface area (Å²) in [5, 5.41) is 7.79. The summed E-state index contributed by atoms with van der Waals surface area (Å²) in [5.74, 6) is 0.723. The molecule has 0 aromatic carbocycles. The number of hydrazine groups is 1. The Morgan fingerprint density at radius 1 is 1.17 bits per heavy atom. The van der Waals surface area contributed by atoms with Crippen LogP contribution >= 0.6 is 0 Å². The molecule has 3 aromatic rings. The quantitative estimate of drug-likeness (QED) is 0.457. The zero-order valence-corrected chi connectivity index (χ0v) is 16.6. The number of aromatic amines is 1. The second-order valence-corrected chi connectivity index (χ2v) is 8.67. The molecule has 8 heteroatoms. The molecule has 154 valence electrons. The Morgan fingerprint density at radius 2 is 2.10 bits per heavy atom. The van der Waals surface area contributed by atoms with Crippen molar-refractivity contribution in [2.75, 3.05) is 11.9 Å². The Labute approximate surface area is 174 Å². The predicted molar refractivity (Wildman–Crippen MR) is 113 cm³/mol. The molecule has 2 aliphatic heterocycles. The third-order valence-corrected chi connectivity index (χ3v) is 6.59. The van der Waals surface area contributed by atoms with E-state index < -0.39 is 0 Å². The summed E-state index contributed by atoms with van der Waals surface area (Å²) in [6, 6.07) is 9.05. The molecule has 3 aromatic heterocycles. The lowest BCUT2D eigenvalue weighted by molar-refractivity contribution is -0.117. The van der Waals surface area contributed by atoms with Crippen molar-refractivity contribution < 1.29 is 4.79 Å². The number of fused-ring (bicyclic) bond motifs is 2. The van der Waals surface area contributed by atoms with E-state index in [4.69, 9.17) is 0 Å². The van der Waals surface area contributed by atoms with Crippen LogP contribution in [0.4, 0.5) is 5.69 Å². The summed E-state index contributed by atoms with van der Waals surface area (Å²) in [7, 11) is 0. The van der Waals surface area contributed by atoms with Crippen molar-refractivity contribution >= 4 is 22.6 Å². The smallest absolute Gasteiger partial charge is 0.227 e. The second-order valence-electron chi connectivity index (χ2n) is 8.67. The first kappa shape index (κ1) is 18.0. The number of pyridine rings is 2. The molecule has 5 heterocycles. The molecule has 3 fully saturated rings. The number of H-pyrrole nitrogens is 1. The maximum absolute atomic E-state index is 12.1. The Hall–Kier alpha value is -2.81. The summed E-state index contributed by atoms with van der Waals surface area (Å²) in [6.07, 6.45) is 8.42. The van der Waals surface area contributed by atoms with Gasteiger partial charge in [-0.25, -0.2) is 10.4 Å². The van der Waals surface area contributed by atoms with Crippen LogP contribution in [0, 0.1) is 11.8 Å². The van der Waals surface area contributed by atoms with Crippen LogP contribution in [0.3, 0.4) is 0 Å². The SMILES string of the molecule is O=C(Nc1cncc(C2CC3C(CN2)NNC3c2cc3cccnc3[nH]2)c1)C1CC1. The molecular formula is C22H25N7O. The molecule has 2 saturated heterocycles. The summed E-state index contributed by atoms with van der Waals surface area (Å²) >= 11 is 0. The van der Waals surface area contributed by atoms with Gasteiger partial charge in [-0.1, -0.05) is 0 Å². The summed E-state index contributed by atoms with van der Waals surface area (Å²) < 4.78 is 0. The Bertz CT molecular complexity index is 1060. The molecule has 6 rings (SSSR count). The van der Waals surface area contributed by atoms with E-state index in [9.17, 15) is 4.79 Å². The zero-order chi connectivity index (χ0) is 20.1. The van der Waals surface area contributed by atoms with Gasteiger partial charge in [-0.05, 0) is 49.1 Å². The van der Waals surface area contributed by atoms with Gasteiger partial charge in [0.2, 0.25) is 5.91 Å². The van der Waals surface area contributed by atoms with E-state index in [1.165, 1.54) is 0 Å². The molecule has 1 aliphatic carbocycles. The van der Waals surface area contributed by atoms with Crippen LogP contribution in [0.2, 0.25) is 0 Å². The standard InChI is InChI=1S/C22H25N7O/c30-22(12-3-4-12)26-15-6-14(9-23-10-15)17-8-16-19(11-25-17)28-29-20(16)18-7-13-2-1-5-24-21(13)27-18/h1-2,5-7,9-10,12,16-17,19-20,25,28-29H,3-4,8,11H2,(H,24,27)(H,26,30). The van der Waals surface area contributed by atoms with E-state index in [0.29, 0.717) is 12.0 Å². The number of aromatic nitrogens is 3. The van der Waals surface area contributed by atoms with E-state index in [1.807, 2.05) is 18.5 Å². The third-order valence-electron chi connectivity index (χ3n) is 6.59. The number of rotatable bonds is 4. The maximum Gasteiger partial charge on any atom is 0.227 e. The monoisotopic (exact) mass is 403 g/mol. The van der Waals surface area contributed by atoms with Gasteiger partial charge in [0.15, 0.2) is 0 Å². The maximum atomic E-state index is 12.1. The van der Waals surface area contributed by atoms with Gasteiger partial charge in [-0.2, -0.15) is 0 Å². The molecule has 0 radical (unpaired) electrons. The van der Waals surface area contributed by atoms with Crippen molar-refractivity contribution in [3.05, 3.63) is 54.1 Å². The number of hydrogen-bond donors (Lipinski definition) is 5. The molecule has 3 aliphatic rings. The van der Waals surface area contributed by atoms with Crippen molar-refractivity contribution in [3.8, 4) is 0 Å². The molecule has 4 unspecified atom stereocenters. The van der Waals surface area contributed by atoms with E-state index in [2.05, 4.69) is 54.6 Å². The van der Waals surface area contributed by atoms with Gasteiger partial charge in [-0.3, -0.25) is 15.2 Å². The van der Waals surface area contributed by atoms with E-state index in [0.717, 1.165) is 53.8 Å². The summed E-state index contributed by atoms with van der Waals surface area (Å²) in [4.78, 5) is 24.4. The number of piperidine rings is 1. The molecule has 5 N–H and O–H groups in total. The van der Waals surface area contributed by atoms with Crippen LogP contribution in [0.5, 0.6) is 0 Å². The number of hydrogen-bond acceptors (Lipinski definition) is 6. The number of carbonyl (C=O) groups excluding carboxylic acids is 1. The van der Waals surface area contributed by atoms with E-state index >= 15 is 0 Å². The van der Waals surface area contributed by atoms with Crippen molar-refractivity contribution in [2.24, 2.45) is 11.8 Å². The fourth-order valence-electron chi connectivity index (χ4n) is 4.79. The van der Waals surface area contributed by atoms with Crippen LogP contribution in [-0.2, 0) is 4.79 Å². The van der Waals surface area contributed by atoms with Gasteiger partial charge in [0.05, 0.1) is 17.9 Å². The van der Waals surface area contributed by atoms with Gasteiger partial charge in [0.1, 0.15) is 5.65 Å². The first-order valence-corrected chi connectivity index (χ1v) is 10.7. The average molecular weight is 403 g/mol. The Balaban J connectivity index is 1.22. The van der Waals surface area contributed by atoms with Crippen molar-refractivity contribution in [3.63, 3.8) is 0 Å². The highest BCUT2D eigenvalue weighted by atomic mass is 16.2.